The lowest BCUT2D eigenvalue weighted by Gasteiger charge is -2.40. The monoisotopic (exact) mass is 363 g/mol. The first-order valence-corrected chi connectivity index (χ1v) is 9.09. The van der Waals surface area contributed by atoms with Crippen LogP contribution in [0.1, 0.15) is 12.5 Å². The highest BCUT2D eigenvalue weighted by molar-refractivity contribution is 6.10. The summed E-state index contributed by atoms with van der Waals surface area (Å²) in [5.74, 6) is -1.51. The second-order valence-corrected chi connectivity index (χ2v) is 7.18. The van der Waals surface area contributed by atoms with E-state index in [4.69, 9.17) is 4.74 Å². The number of likely N-dealkylation sites (N-methyl/N-ethyl adjacent to an activating group) is 1. The van der Waals surface area contributed by atoms with Crippen molar-refractivity contribution in [1.82, 2.24) is 4.90 Å². The van der Waals surface area contributed by atoms with Crippen LogP contribution in [0.5, 0.6) is 0 Å². The lowest BCUT2D eigenvalue weighted by atomic mass is 9.60. The smallest absolute Gasteiger partial charge is 0.329 e. The highest BCUT2D eigenvalue weighted by Gasteiger charge is 2.76. The standard InChI is InChI=1S/C21H21N3O3/c1-3-27-19(26)20(13-22)16(14-8-4-5-9-14)12-24(2)21(20)15-10-6-7-11-17(15)23-18(21)25/h4-11,14,16H,3,12H2,1-2H3,(H,23,25)/t16-,20+,21-/m0/s1. The minimum Gasteiger partial charge on any atom is -0.465 e. The number of carbonyl (C=O) groups is 2. The van der Waals surface area contributed by atoms with Crippen molar-refractivity contribution in [3.8, 4) is 6.07 Å². The Morgan fingerprint density at radius 2 is 2.07 bits per heavy atom. The molecule has 1 amide bonds. The van der Waals surface area contributed by atoms with Gasteiger partial charge in [-0.3, -0.25) is 14.5 Å². The van der Waals surface area contributed by atoms with Crippen LogP contribution in [0, 0.1) is 28.6 Å². The number of nitrogens with zero attached hydrogens (tertiary/aromatic N) is 2. The molecule has 1 fully saturated rings. The fourth-order valence-electron chi connectivity index (χ4n) is 5.03. The summed E-state index contributed by atoms with van der Waals surface area (Å²) in [6, 6.07) is 9.54. The Kier molecular flexibility index (Phi) is 3.93. The number of benzene rings is 1. The number of nitriles is 1. The quantitative estimate of drug-likeness (QED) is 0.833. The van der Waals surface area contributed by atoms with Crippen LogP contribution in [0.4, 0.5) is 5.69 Å². The molecule has 1 aliphatic carbocycles. The fraction of sp³-hybridized carbons (Fsp3) is 0.381. The predicted octanol–water partition coefficient (Wildman–Crippen LogP) is 2.21. The number of allylic oxidation sites excluding steroid dienone is 4. The van der Waals surface area contributed by atoms with Gasteiger partial charge in [0.2, 0.25) is 0 Å². The highest BCUT2D eigenvalue weighted by atomic mass is 16.5. The number of likely N-dealkylation sites (tertiary alicyclic amines) is 1. The van der Waals surface area contributed by atoms with Gasteiger partial charge in [0.15, 0.2) is 11.0 Å². The molecule has 1 spiro atoms. The first-order valence-electron chi connectivity index (χ1n) is 9.09. The first-order chi connectivity index (χ1) is 13.0. The van der Waals surface area contributed by atoms with E-state index in [1.807, 2.05) is 47.4 Å². The van der Waals surface area contributed by atoms with Gasteiger partial charge in [0.25, 0.3) is 5.91 Å². The molecule has 1 aromatic rings. The Bertz CT molecular complexity index is 903. The number of anilines is 1. The Balaban J connectivity index is 2.01. The zero-order valence-electron chi connectivity index (χ0n) is 15.3. The summed E-state index contributed by atoms with van der Waals surface area (Å²) < 4.78 is 5.39. The van der Waals surface area contributed by atoms with E-state index in [0.29, 0.717) is 17.8 Å². The average Bonchev–Trinajstić information content (AvgIpc) is 3.34. The molecule has 0 aromatic heterocycles. The van der Waals surface area contributed by atoms with E-state index in [0.717, 1.165) is 0 Å². The minimum absolute atomic E-state index is 0.114. The maximum absolute atomic E-state index is 13.4. The molecule has 0 unspecified atom stereocenters. The van der Waals surface area contributed by atoms with Crippen molar-refractivity contribution < 1.29 is 14.3 Å². The zero-order valence-corrected chi connectivity index (χ0v) is 15.3. The van der Waals surface area contributed by atoms with E-state index >= 15 is 0 Å². The summed E-state index contributed by atoms with van der Waals surface area (Å²) in [6.07, 6.45) is 7.76. The van der Waals surface area contributed by atoms with E-state index in [-0.39, 0.29) is 18.4 Å². The first kappa shape index (κ1) is 17.5. The number of esters is 1. The molecule has 3 atom stereocenters. The number of nitrogens with one attached hydrogen (secondary N) is 1. The van der Waals surface area contributed by atoms with Crippen molar-refractivity contribution >= 4 is 17.6 Å². The summed E-state index contributed by atoms with van der Waals surface area (Å²) in [4.78, 5) is 28.5. The maximum Gasteiger partial charge on any atom is 0.329 e. The third kappa shape index (κ3) is 1.98. The van der Waals surface area contributed by atoms with Crippen molar-refractivity contribution in [2.45, 2.75) is 12.5 Å². The van der Waals surface area contributed by atoms with Crippen LogP contribution < -0.4 is 5.32 Å². The summed E-state index contributed by atoms with van der Waals surface area (Å²) in [5.41, 5.74) is -1.78. The van der Waals surface area contributed by atoms with E-state index in [2.05, 4.69) is 11.4 Å². The van der Waals surface area contributed by atoms with Gasteiger partial charge in [0.05, 0.1) is 12.7 Å². The molecular weight excluding hydrogens is 342 g/mol. The second kappa shape index (κ2) is 6.07. The molecule has 1 saturated heterocycles. The van der Waals surface area contributed by atoms with Gasteiger partial charge in [-0.1, -0.05) is 42.5 Å². The highest BCUT2D eigenvalue weighted by Crippen LogP contribution is 2.61. The molecular formula is C21H21N3O3. The maximum atomic E-state index is 13.4. The van der Waals surface area contributed by atoms with E-state index in [9.17, 15) is 14.9 Å². The molecule has 4 rings (SSSR count). The molecule has 1 aromatic carbocycles. The van der Waals surface area contributed by atoms with Crippen molar-refractivity contribution in [3.63, 3.8) is 0 Å². The minimum atomic E-state index is -1.65. The topological polar surface area (TPSA) is 82.4 Å². The second-order valence-electron chi connectivity index (χ2n) is 7.18. The van der Waals surface area contributed by atoms with Gasteiger partial charge in [0, 0.05) is 29.6 Å². The van der Waals surface area contributed by atoms with E-state index in [1.54, 1.807) is 20.0 Å². The van der Waals surface area contributed by atoms with Gasteiger partial charge >= 0.3 is 5.97 Å². The van der Waals surface area contributed by atoms with E-state index < -0.39 is 22.8 Å². The number of rotatable bonds is 3. The molecule has 3 aliphatic rings. The van der Waals surface area contributed by atoms with Gasteiger partial charge in [-0.2, -0.15) is 5.26 Å². The van der Waals surface area contributed by atoms with Crippen LogP contribution >= 0.6 is 0 Å². The largest absolute Gasteiger partial charge is 0.465 e. The summed E-state index contributed by atoms with van der Waals surface area (Å²) in [7, 11) is 1.80. The van der Waals surface area contributed by atoms with Gasteiger partial charge in [0.1, 0.15) is 0 Å². The van der Waals surface area contributed by atoms with Crippen LogP contribution in [-0.4, -0.2) is 37.0 Å². The zero-order chi connectivity index (χ0) is 19.2. The summed E-state index contributed by atoms with van der Waals surface area (Å²) in [5, 5.41) is 13.3. The molecule has 2 aliphatic heterocycles. The number of ether oxygens (including phenoxy) is 1. The number of hydrogen-bond acceptors (Lipinski definition) is 5. The average molecular weight is 363 g/mol. The molecule has 0 bridgehead atoms. The lowest BCUT2D eigenvalue weighted by molar-refractivity contribution is -0.163. The van der Waals surface area contributed by atoms with Gasteiger partial charge in [-0.25, -0.2) is 0 Å². The van der Waals surface area contributed by atoms with Gasteiger partial charge in [-0.05, 0) is 20.0 Å². The Morgan fingerprint density at radius 3 is 2.74 bits per heavy atom. The van der Waals surface area contributed by atoms with Gasteiger partial charge < -0.3 is 10.1 Å². The number of carbonyl (C=O) groups excluding carboxylic acids is 2. The molecule has 6 nitrogen and oxygen atoms in total. The van der Waals surface area contributed by atoms with Crippen molar-refractivity contribution in [2.24, 2.45) is 17.3 Å². The van der Waals surface area contributed by atoms with Crippen LogP contribution in [0.15, 0.2) is 48.6 Å². The van der Waals surface area contributed by atoms with Crippen molar-refractivity contribution in [1.29, 1.82) is 5.26 Å². The van der Waals surface area contributed by atoms with E-state index in [1.165, 1.54) is 0 Å². The number of para-hydroxylation sites is 1. The third-order valence-corrected chi connectivity index (χ3v) is 6.08. The van der Waals surface area contributed by atoms with Gasteiger partial charge in [-0.15, -0.1) is 0 Å². The van der Waals surface area contributed by atoms with Crippen LogP contribution in [0.25, 0.3) is 0 Å². The third-order valence-electron chi connectivity index (χ3n) is 6.08. The molecule has 1 N–H and O–H groups in total. The molecule has 138 valence electrons. The number of hydrogen-bond donors (Lipinski definition) is 1. The van der Waals surface area contributed by atoms with Crippen LogP contribution in [0.2, 0.25) is 0 Å². The van der Waals surface area contributed by atoms with Crippen molar-refractivity contribution in [2.75, 3.05) is 25.5 Å². The summed E-state index contributed by atoms with van der Waals surface area (Å²) in [6.45, 7) is 2.28. The SMILES string of the molecule is CCOC(=O)[C@@]1(C#N)[C@H](C2C=CC=C2)CN(C)[C@@]12C(=O)Nc1ccccc12. The Labute approximate surface area is 158 Å². The fourth-order valence-corrected chi connectivity index (χ4v) is 5.03. The normalized spacial score (nSPS) is 31.9. The molecule has 0 saturated carbocycles. The summed E-state index contributed by atoms with van der Waals surface area (Å²) >= 11 is 0. The molecule has 2 heterocycles. The molecule has 27 heavy (non-hydrogen) atoms. The molecule has 0 radical (unpaired) electrons. The predicted molar refractivity (Wildman–Crippen MR) is 99.3 cm³/mol. The van der Waals surface area contributed by atoms with Crippen molar-refractivity contribution in [3.05, 3.63) is 54.1 Å². The number of amides is 1. The van der Waals surface area contributed by atoms with Crippen LogP contribution in [0.3, 0.4) is 0 Å². The Morgan fingerprint density at radius 1 is 1.37 bits per heavy atom. The lowest BCUT2D eigenvalue weighted by Crippen LogP contribution is -2.59. The van der Waals surface area contributed by atoms with Crippen LogP contribution in [-0.2, 0) is 19.9 Å². The molecule has 6 heteroatoms. The Hall–Kier alpha value is -2.91. The number of fused-ring (bicyclic) bond motifs is 2.